The first-order valence-electron chi connectivity index (χ1n) is 8.00. The number of benzene rings is 1. The number of nitrogens with zero attached hydrogens (tertiary/aromatic N) is 1. The number of hydrogen-bond donors (Lipinski definition) is 2. The minimum absolute atomic E-state index is 0. The Kier molecular flexibility index (Phi) is 5.70. The second-order valence-corrected chi connectivity index (χ2v) is 6.23. The monoisotopic (exact) mass is 324 g/mol. The minimum Gasteiger partial charge on any atom is -0.393 e. The molecule has 1 fully saturated rings. The van der Waals surface area contributed by atoms with E-state index >= 15 is 0 Å². The molecule has 1 aromatic rings. The highest BCUT2D eigenvalue weighted by molar-refractivity contribution is 5.97. The SMILES string of the molecule is CC(O)C1CCN(C(=O)c2cccc3c2CCCN3)CC1.Cl. The van der Waals surface area contributed by atoms with Crippen molar-refractivity contribution in [2.24, 2.45) is 5.92 Å². The van der Waals surface area contributed by atoms with Crippen LogP contribution in [0.5, 0.6) is 0 Å². The average Bonchev–Trinajstić information content (AvgIpc) is 2.53. The number of rotatable bonds is 2. The van der Waals surface area contributed by atoms with E-state index in [0.29, 0.717) is 5.92 Å². The molecule has 0 bridgehead atoms. The smallest absolute Gasteiger partial charge is 0.254 e. The Bertz CT molecular complexity index is 525. The highest BCUT2D eigenvalue weighted by Gasteiger charge is 2.27. The number of carbonyl (C=O) groups excluding carboxylic acids is 1. The van der Waals surface area contributed by atoms with E-state index in [9.17, 15) is 9.90 Å². The Morgan fingerprint density at radius 3 is 2.77 bits per heavy atom. The molecule has 0 spiro atoms. The van der Waals surface area contributed by atoms with Gasteiger partial charge in [-0.05, 0) is 56.2 Å². The van der Waals surface area contributed by atoms with Crippen LogP contribution in [0.25, 0.3) is 0 Å². The number of hydrogen-bond acceptors (Lipinski definition) is 3. The maximum Gasteiger partial charge on any atom is 0.254 e. The fraction of sp³-hybridized carbons (Fsp3) is 0.588. The molecule has 4 nitrogen and oxygen atoms in total. The van der Waals surface area contributed by atoms with Gasteiger partial charge in [0.2, 0.25) is 0 Å². The van der Waals surface area contributed by atoms with Gasteiger partial charge in [-0.25, -0.2) is 0 Å². The van der Waals surface area contributed by atoms with Crippen LogP contribution in [-0.2, 0) is 6.42 Å². The molecule has 1 amide bonds. The summed E-state index contributed by atoms with van der Waals surface area (Å²) < 4.78 is 0. The average molecular weight is 325 g/mol. The summed E-state index contributed by atoms with van der Waals surface area (Å²) in [6.45, 7) is 4.35. The molecule has 1 aromatic carbocycles. The van der Waals surface area contributed by atoms with Crippen molar-refractivity contribution in [2.75, 3.05) is 25.0 Å². The van der Waals surface area contributed by atoms with Gasteiger partial charge in [-0.15, -0.1) is 12.4 Å². The van der Waals surface area contributed by atoms with Crippen molar-refractivity contribution in [3.05, 3.63) is 29.3 Å². The van der Waals surface area contributed by atoms with Crippen molar-refractivity contribution in [3.63, 3.8) is 0 Å². The summed E-state index contributed by atoms with van der Waals surface area (Å²) in [4.78, 5) is 14.7. The molecule has 0 saturated carbocycles. The third-order valence-electron chi connectivity index (χ3n) is 4.83. The molecule has 2 heterocycles. The first kappa shape index (κ1) is 17.1. The van der Waals surface area contributed by atoms with E-state index in [4.69, 9.17) is 0 Å². The van der Waals surface area contributed by atoms with Gasteiger partial charge >= 0.3 is 0 Å². The molecule has 2 aliphatic heterocycles. The topological polar surface area (TPSA) is 52.6 Å². The second kappa shape index (κ2) is 7.34. The maximum atomic E-state index is 12.8. The van der Waals surface area contributed by atoms with Crippen molar-refractivity contribution in [3.8, 4) is 0 Å². The number of halogens is 1. The number of fused-ring (bicyclic) bond motifs is 1. The van der Waals surface area contributed by atoms with Crippen LogP contribution in [-0.4, -0.2) is 41.7 Å². The third-order valence-corrected chi connectivity index (χ3v) is 4.83. The van der Waals surface area contributed by atoms with Crippen LogP contribution < -0.4 is 5.32 Å². The Morgan fingerprint density at radius 1 is 1.36 bits per heavy atom. The summed E-state index contributed by atoms with van der Waals surface area (Å²) in [6, 6.07) is 5.98. The fourth-order valence-electron chi connectivity index (χ4n) is 3.47. The van der Waals surface area contributed by atoms with Crippen LogP contribution in [0.4, 0.5) is 5.69 Å². The van der Waals surface area contributed by atoms with Crippen LogP contribution in [0, 0.1) is 5.92 Å². The third kappa shape index (κ3) is 3.39. The Labute approximate surface area is 138 Å². The number of nitrogens with one attached hydrogen (secondary N) is 1. The highest BCUT2D eigenvalue weighted by atomic mass is 35.5. The predicted molar refractivity (Wildman–Crippen MR) is 90.8 cm³/mol. The van der Waals surface area contributed by atoms with Gasteiger partial charge in [-0.1, -0.05) is 6.07 Å². The molecule has 5 heteroatoms. The summed E-state index contributed by atoms with van der Waals surface area (Å²) >= 11 is 0. The Morgan fingerprint density at radius 2 is 2.09 bits per heavy atom. The molecular formula is C17H25ClN2O2. The molecule has 0 radical (unpaired) electrons. The molecule has 2 N–H and O–H groups in total. The van der Waals surface area contributed by atoms with Gasteiger partial charge < -0.3 is 15.3 Å². The van der Waals surface area contributed by atoms with E-state index < -0.39 is 0 Å². The van der Waals surface area contributed by atoms with Crippen molar-refractivity contribution in [2.45, 2.75) is 38.7 Å². The number of likely N-dealkylation sites (tertiary alicyclic amines) is 1. The maximum absolute atomic E-state index is 12.8. The van der Waals surface area contributed by atoms with Crippen molar-refractivity contribution in [1.82, 2.24) is 4.90 Å². The molecule has 1 unspecified atom stereocenters. The lowest BCUT2D eigenvalue weighted by atomic mass is 9.91. The van der Waals surface area contributed by atoms with Crippen LogP contribution in [0.3, 0.4) is 0 Å². The van der Waals surface area contributed by atoms with Gasteiger partial charge in [0.25, 0.3) is 5.91 Å². The van der Waals surface area contributed by atoms with E-state index in [1.165, 1.54) is 5.56 Å². The van der Waals surface area contributed by atoms with E-state index in [1.807, 2.05) is 24.0 Å². The number of amides is 1. The number of aliphatic hydroxyl groups excluding tert-OH is 1. The molecule has 1 saturated heterocycles. The molecule has 0 aromatic heterocycles. The summed E-state index contributed by atoms with van der Waals surface area (Å²) in [7, 11) is 0. The Hall–Kier alpha value is -1.26. The zero-order valence-corrected chi connectivity index (χ0v) is 13.9. The van der Waals surface area contributed by atoms with Gasteiger partial charge in [-0.3, -0.25) is 4.79 Å². The number of piperidine rings is 1. The molecular weight excluding hydrogens is 300 g/mol. The molecule has 122 valence electrons. The molecule has 0 aliphatic carbocycles. The first-order chi connectivity index (χ1) is 10.2. The lowest BCUT2D eigenvalue weighted by molar-refractivity contribution is 0.0520. The number of carbonyl (C=O) groups is 1. The first-order valence-corrected chi connectivity index (χ1v) is 8.00. The Balaban J connectivity index is 0.00000176. The van der Waals surface area contributed by atoms with Gasteiger partial charge in [0.05, 0.1) is 6.10 Å². The highest BCUT2D eigenvalue weighted by Crippen LogP contribution is 2.28. The van der Waals surface area contributed by atoms with Crippen molar-refractivity contribution >= 4 is 24.0 Å². The van der Waals surface area contributed by atoms with E-state index in [1.54, 1.807) is 0 Å². The second-order valence-electron chi connectivity index (χ2n) is 6.23. The number of aliphatic hydroxyl groups is 1. The van der Waals surface area contributed by atoms with Gasteiger partial charge in [0, 0.05) is 30.9 Å². The van der Waals surface area contributed by atoms with Crippen molar-refractivity contribution < 1.29 is 9.90 Å². The molecule has 22 heavy (non-hydrogen) atoms. The zero-order chi connectivity index (χ0) is 14.8. The van der Waals surface area contributed by atoms with E-state index in [-0.39, 0.29) is 24.4 Å². The zero-order valence-electron chi connectivity index (χ0n) is 13.0. The van der Waals surface area contributed by atoms with E-state index in [2.05, 4.69) is 11.4 Å². The van der Waals surface area contributed by atoms with Crippen LogP contribution in [0.1, 0.15) is 42.1 Å². The standard InChI is InChI=1S/C17H24N2O2.ClH/c1-12(20)13-7-10-19(11-8-13)17(21)15-4-2-6-16-14(15)5-3-9-18-16;/h2,4,6,12-13,18,20H,3,5,7-11H2,1H3;1H. The quantitative estimate of drug-likeness (QED) is 0.879. The summed E-state index contributed by atoms with van der Waals surface area (Å²) in [6.07, 6.45) is 3.60. The lowest BCUT2D eigenvalue weighted by Crippen LogP contribution is -2.41. The molecule has 1 atom stereocenters. The molecule has 3 rings (SSSR count). The van der Waals surface area contributed by atoms with Gasteiger partial charge in [0.1, 0.15) is 0 Å². The molecule has 2 aliphatic rings. The normalized spacial score (nSPS) is 19.6. The summed E-state index contributed by atoms with van der Waals surface area (Å²) in [5.74, 6) is 0.486. The van der Waals surface area contributed by atoms with Crippen LogP contribution in [0.2, 0.25) is 0 Å². The predicted octanol–water partition coefficient (Wildman–Crippen LogP) is 2.70. The minimum atomic E-state index is -0.268. The van der Waals surface area contributed by atoms with Gasteiger partial charge in [0.15, 0.2) is 0 Å². The van der Waals surface area contributed by atoms with Gasteiger partial charge in [-0.2, -0.15) is 0 Å². The van der Waals surface area contributed by atoms with E-state index in [0.717, 1.165) is 56.6 Å². The van der Waals surface area contributed by atoms with Crippen molar-refractivity contribution in [1.29, 1.82) is 0 Å². The number of anilines is 1. The lowest BCUT2D eigenvalue weighted by Gasteiger charge is -2.34. The fourth-order valence-corrected chi connectivity index (χ4v) is 3.47. The largest absolute Gasteiger partial charge is 0.393 e. The summed E-state index contributed by atoms with van der Waals surface area (Å²) in [5, 5.41) is 13.0. The van der Waals surface area contributed by atoms with Crippen LogP contribution >= 0.6 is 12.4 Å². The van der Waals surface area contributed by atoms with Crippen LogP contribution in [0.15, 0.2) is 18.2 Å². The summed E-state index contributed by atoms with van der Waals surface area (Å²) in [5.41, 5.74) is 3.15.